The van der Waals surface area contributed by atoms with Crippen LogP contribution in [-0.2, 0) is 6.54 Å². The van der Waals surface area contributed by atoms with Gasteiger partial charge in [-0.05, 0) is 63.1 Å². The summed E-state index contributed by atoms with van der Waals surface area (Å²) in [5.74, 6) is 0.194. The second-order valence-electron chi connectivity index (χ2n) is 7.47. The van der Waals surface area contributed by atoms with E-state index in [1.54, 1.807) is 0 Å². The van der Waals surface area contributed by atoms with Gasteiger partial charge in [0.05, 0.1) is 0 Å². The molecule has 0 aliphatic carbocycles. The maximum absolute atomic E-state index is 12.8. The van der Waals surface area contributed by atoms with Gasteiger partial charge in [-0.2, -0.15) is 0 Å². The van der Waals surface area contributed by atoms with E-state index in [0.29, 0.717) is 0 Å². The van der Waals surface area contributed by atoms with Gasteiger partial charge >= 0.3 is 0 Å². The van der Waals surface area contributed by atoms with E-state index in [1.165, 1.54) is 44.3 Å². The van der Waals surface area contributed by atoms with Crippen molar-refractivity contribution in [2.75, 3.05) is 45.8 Å². The van der Waals surface area contributed by atoms with Crippen LogP contribution in [0.15, 0.2) is 24.3 Å². The van der Waals surface area contributed by atoms with Gasteiger partial charge in [-0.15, -0.1) is 0 Å². The maximum Gasteiger partial charge on any atom is 0.253 e. The van der Waals surface area contributed by atoms with E-state index in [0.717, 1.165) is 51.3 Å². The Morgan fingerprint density at radius 3 is 2.16 bits per heavy atom. The zero-order chi connectivity index (χ0) is 17.5. The van der Waals surface area contributed by atoms with Crippen LogP contribution in [0.5, 0.6) is 0 Å². The normalized spacial score (nSPS) is 20.9. The summed E-state index contributed by atoms with van der Waals surface area (Å²) in [7, 11) is 0. The number of rotatable bonds is 4. The molecule has 138 valence electrons. The summed E-state index contributed by atoms with van der Waals surface area (Å²) in [5.41, 5.74) is 2.16. The summed E-state index contributed by atoms with van der Waals surface area (Å²) in [6, 6.07) is 8.35. The van der Waals surface area contributed by atoms with Crippen molar-refractivity contribution in [3.8, 4) is 0 Å². The van der Waals surface area contributed by atoms with Gasteiger partial charge in [0.2, 0.25) is 0 Å². The number of nitrogens with zero attached hydrogens (tertiary/aromatic N) is 3. The van der Waals surface area contributed by atoms with Crippen molar-refractivity contribution in [1.82, 2.24) is 14.7 Å². The Bertz CT molecular complexity index is 535. The molecule has 1 amide bonds. The van der Waals surface area contributed by atoms with E-state index in [2.05, 4.69) is 28.9 Å². The number of likely N-dealkylation sites (N-methyl/N-ethyl adjacent to an activating group) is 1. The standard InChI is InChI=1S/C21H33N3O/c1-2-22-14-7-15-24(17-16-22)21(25)20-10-8-19(9-11-20)18-23-12-5-3-4-6-13-23/h8-11H,2-7,12-18H2,1H3. The summed E-state index contributed by atoms with van der Waals surface area (Å²) in [5, 5.41) is 0. The van der Waals surface area contributed by atoms with Crippen LogP contribution in [0.4, 0.5) is 0 Å². The SMILES string of the molecule is CCN1CCCN(C(=O)c2ccc(CN3CCCCCC3)cc2)CC1. The maximum atomic E-state index is 12.8. The zero-order valence-corrected chi connectivity index (χ0v) is 15.8. The highest BCUT2D eigenvalue weighted by Crippen LogP contribution is 2.15. The third-order valence-electron chi connectivity index (χ3n) is 5.63. The largest absolute Gasteiger partial charge is 0.337 e. The molecule has 1 aromatic rings. The molecular weight excluding hydrogens is 310 g/mol. The quantitative estimate of drug-likeness (QED) is 0.840. The lowest BCUT2D eigenvalue weighted by atomic mass is 10.1. The molecule has 4 nitrogen and oxygen atoms in total. The Morgan fingerprint density at radius 2 is 1.48 bits per heavy atom. The highest BCUT2D eigenvalue weighted by molar-refractivity contribution is 5.94. The summed E-state index contributed by atoms with van der Waals surface area (Å²) >= 11 is 0. The zero-order valence-electron chi connectivity index (χ0n) is 15.8. The first-order chi connectivity index (χ1) is 12.3. The number of benzene rings is 1. The number of amides is 1. The van der Waals surface area contributed by atoms with Crippen LogP contribution in [0.1, 0.15) is 54.9 Å². The van der Waals surface area contributed by atoms with Crippen LogP contribution in [0.3, 0.4) is 0 Å². The molecule has 2 saturated heterocycles. The van der Waals surface area contributed by atoms with Gasteiger partial charge in [-0.1, -0.05) is 31.9 Å². The van der Waals surface area contributed by atoms with Crippen LogP contribution in [0.2, 0.25) is 0 Å². The minimum atomic E-state index is 0.194. The molecule has 2 heterocycles. The predicted molar refractivity (Wildman–Crippen MR) is 103 cm³/mol. The Balaban J connectivity index is 1.56. The van der Waals surface area contributed by atoms with E-state index in [-0.39, 0.29) is 5.91 Å². The van der Waals surface area contributed by atoms with Gasteiger partial charge in [-0.3, -0.25) is 9.69 Å². The summed E-state index contributed by atoms with van der Waals surface area (Å²) in [6.45, 7) is 10.5. The van der Waals surface area contributed by atoms with Crippen molar-refractivity contribution in [2.45, 2.75) is 45.6 Å². The lowest BCUT2D eigenvalue weighted by molar-refractivity contribution is 0.0761. The third-order valence-corrected chi connectivity index (χ3v) is 5.63. The molecule has 2 aliphatic rings. The molecule has 0 atom stereocenters. The number of likely N-dealkylation sites (tertiary alicyclic amines) is 1. The van der Waals surface area contributed by atoms with E-state index >= 15 is 0 Å². The topological polar surface area (TPSA) is 26.8 Å². The Hall–Kier alpha value is -1.39. The highest BCUT2D eigenvalue weighted by Gasteiger charge is 2.19. The Morgan fingerprint density at radius 1 is 0.800 bits per heavy atom. The average Bonchev–Trinajstić information content (AvgIpc) is 3.04. The second kappa shape index (κ2) is 9.35. The first kappa shape index (κ1) is 18.4. The molecule has 0 unspecified atom stereocenters. The fourth-order valence-corrected chi connectivity index (χ4v) is 3.98. The van der Waals surface area contributed by atoms with Crippen molar-refractivity contribution in [2.24, 2.45) is 0 Å². The molecule has 3 rings (SSSR count). The molecule has 2 fully saturated rings. The summed E-state index contributed by atoms with van der Waals surface area (Å²) in [6.07, 6.45) is 6.46. The molecule has 0 N–H and O–H groups in total. The lowest BCUT2D eigenvalue weighted by Gasteiger charge is -2.22. The number of carbonyl (C=O) groups excluding carboxylic acids is 1. The van der Waals surface area contributed by atoms with Gasteiger partial charge in [-0.25, -0.2) is 0 Å². The van der Waals surface area contributed by atoms with Crippen LogP contribution in [0.25, 0.3) is 0 Å². The van der Waals surface area contributed by atoms with E-state index < -0.39 is 0 Å². The summed E-state index contributed by atoms with van der Waals surface area (Å²) < 4.78 is 0. The van der Waals surface area contributed by atoms with Crippen molar-refractivity contribution in [3.63, 3.8) is 0 Å². The summed E-state index contributed by atoms with van der Waals surface area (Å²) in [4.78, 5) is 19.8. The molecular formula is C21H33N3O. The molecule has 0 radical (unpaired) electrons. The molecule has 0 saturated carbocycles. The molecule has 0 aromatic heterocycles. The number of hydrogen-bond acceptors (Lipinski definition) is 3. The lowest BCUT2D eigenvalue weighted by Crippen LogP contribution is -2.35. The fraction of sp³-hybridized carbons (Fsp3) is 0.667. The van der Waals surface area contributed by atoms with Gasteiger partial charge < -0.3 is 9.80 Å². The number of hydrogen-bond donors (Lipinski definition) is 0. The van der Waals surface area contributed by atoms with Gasteiger partial charge in [0, 0.05) is 31.7 Å². The Kier molecular flexibility index (Phi) is 6.88. The molecule has 2 aliphatic heterocycles. The van der Waals surface area contributed by atoms with Crippen molar-refractivity contribution >= 4 is 5.91 Å². The van der Waals surface area contributed by atoms with Crippen LogP contribution >= 0.6 is 0 Å². The first-order valence-electron chi connectivity index (χ1n) is 10.1. The van der Waals surface area contributed by atoms with Crippen LogP contribution < -0.4 is 0 Å². The van der Waals surface area contributed by atoms with Gasteiger partial charge in [0.25, 0.3) is 5.91 Å². The second-order valence-corrected chi connectivity index (χ2v) is 7.47. The molecule has 0 bridgehead atoms. The monoisotopic (exact) mass is 343 g/mol. The number of carbonyl (C=O) groups is 1. The molecule has 25 heavy (non-hydrogen) atoms. The van der Waals surface area contributed by atoms with Crippen LogP contribution in [0, 0.1) is 0 Å². The van der Waals surface area contributed by atoms with Gasteiger partial charge in [0.15, 0.2) is 0 Å². The van der Waals surface area contributed by atoms with Crippen molar-refractivity contribution < 1.29 is 4.79 Å². The minimum absolute atomic E-state index is 0.194. The van der Waals surface area contributed by atoms with E-state index in [1.807, 2.05) is 17.0 Å². The average molecular weight is 344 g/mol. The molecule has 0 spiro atoms. The smallest absolute Gasteiger partial charge is 0.253 e. The fourth-order valence-electron chi connectivity index (χ4n) is 3.98. The minimum Gasteiger partial charge on any atom is -0.337 e. The van der Waals surface area contributed by atoms with Crippen molar-refractivity contribution in [1.29, 1.82) is 0 Å². The molecule has 4 heteroatoms. The third kappa shape index (κ3) is 5.29. The predicted octanol–water partition coefficient (Wildman–Crippen LogP) is 3.23. The van der Waals surface area contributed by atoms with Crippen molar-refractivity contribution in [3.05, 3.63) is 35.4 Å². The molecule has 1 aromatic carbocycles. The van der Waals surface area contributed by atoms with E-state index in [9.17, 15) is 4.79 Å². The first-order valence-corrected chi connectivity index (χ1v) is 10.1. The highest BCUT2D eigenvalue weighted by atomic mass is 16.2. The van der Waals surface area contributed by atoms with Gasteiger partial charge in [0.1, 0.15) is 0 Å². The van der Waals surface area contributed by atoms with Crippen LogP contribution in [-0.4, -0.2) is 66.4 Å². The van der Waals surface area contributed by atoms with E-state index in [4.69, 9.17) is 0 Å². The Labute approximate surface area is 152 Å².